The lowest BCUT2D eigenvalue weighted by atomic mass is 10.1. The van der Waals surface area contributed by atoms with E-state index in [0.717, 1.165) is 24.0 Å². The average Bonchev–Trinajstić information content (AvgIpc) is 3.79. The van der Waals surface area contributed by atoms with Crippen molar-refractivity contribution in [2.24, 2.45) is 11.7 Å². The first-order valence-electron chi connectivity index (χ1n) is 14.2. The maximum atomic E-state index is 12.7. The highest BCUT2D eigenvalue weighted by Crippen LogP contribution is 2.33. The minimum Gasteiger partial charge on any atom is -0.492 e. The summed E-state index contributed by atoms with van der Waals surface area (Å²) in [7, 11) is 1.60. The zero-order valence-corrected chi connectivity index (χ0v) is 25.1. The summed E-state index contributed by atoms with van der Waals surface area (Å²) in [5.74, 6) is 0.313. The van der Waals surface area contributed by atoms with E-state index < -0.39 is 0 Å². The number of nitrogens with zero attached hydrogens (tertiary/aromatic N) is 1. The summed E-state index contributed by atoms with van der Waals surface area (Å²) in [6, 6.07) is 7.71. The van der Waals surface area contributed by atoms with Crippen molar-refractivity contribution in [2.45, 2.75) is 52.5 Å². The van der Waals surface area contributed by atoms with E-state index in [1.54, 1.807) is 19.2 Å². The molecule has 1 aliphatic carbocycles. The van der Waals surface area contributed by atoms with Crippen molar-refractivity contribution in [3.63, 3.8) is 0 Å². The van der Waals surface area contributed by atoms with E-state index in [0.29, 0.717) is 38.3 Å². The Morgan fingerprint density at radius 1 is 1.07 bits per heavy atom. The molecule has 41 heavy (non-hydrogen) atoms. The van der Waals surface area contributed by atoms with Gasteiger partial charge < -0.3 is 31.3 Å². The minimum absolute atomic E-state index is 0.0870. The van der Waals surface area contributed by atoms with Crippen LogP contribution >= 0.6 is 0 Å². The number of hydrogen-bond donors (Lipinski definition) is 5. The quantitative estimate of drug-likeness (QED) is 0.272. The number of allylic oxidation sites excluding steroid dienone is 2. The second-order valence-corrected chi connectivity index (χ2v) is 9.67. The van der Waals surface area contributed by atoms with Crippen LogP contribution in [0.1, 0.15) is 44.2 Å². The third kappa shape index (κ3) is 13.8. The van der Waals surface area contributed by atoms with Crippen LogP contribution < -0.4 is 21.7 Å². The number of nitrogens with two attached hydrogens (primary N) is 1. The van der Waals surface area contributed by atoms with E-state index in [4.69, 9.17) is 15.9 Å². The topological polar surface area (TPSA) is 150 Å². The number of likely N-dealkylation sites (N-methyl/N-ethyl adjacent to an activating group) is 1. The summed E-state index contributed by atoms with van der Waals surface area (Å²) < 4.78 is 5.80. The van der Waals surface area contributed by atoms with Gasteiger partial charge in [-0.1, -0.05) is 62.9 Å². The molecule has 3 rings (SSSR count). The normalized spacial score (nSPS) is 20.8. The Balaban J connectivity index is 0.000000538. The molecule has 0 saturated heterocycles. The van der Waals surface area contributed by atoms with E-state index >= 15 is 0 Å². The summed E-state index contributed by atoms with van der Waals surface area (Å²) in [6.45, 7) is 14.6. The molecule has 1 saturated carbocycles. The van der Waals surface area contributed by atoms with E-state index in [1.165, 1.54) is 10.5 Å². The Morgan fingerprint density at radius 3 is 2.29 bits per heavy atom. The van der Waals surface area contributed by atoms with Crippen molar-refractivity contribution in [3.05, 3.63) is 72.0 Å². The van der Waals surface area contributed by atoms with Crippen LogP contribution in [0.4, 0.5) is 0 Å². The van der Waals surface area contributed by atoms with Gasteiger partial charge in [-0.15, -0.1) is 0 Å². The summed E-state index contributed by atoms with van der Waals surface area (Å²) in [4.78, 5) is 38.1. The molecular formula is C31H48N6O4. The number of benzene rings is 1. The van der Waals surface area contributed by atoms with Gasteiger partial charge in [0.05, 0.1) is 25.0 Å². The van der Waals surface area contributed by atoms with E-state index in [1.807, 2.05) is 45.0 Å². The Kier molecular flexibility index (Phi) is 16.4. The molecular weight excluding hydrogens is 520 g/mol. The fraction of sp³-hybridized carbons (Fsp3) is 0.484. The van der Waals surface area contributed by atoms with Gasteiger partial charge in [-0.2, -0.15) is 0 Å². The van der Waals surface area contributed by atoms with Crippen molar-refractivity contribution in [1.82, 2.24) is 20.9 Å². The highest BCUT2D eigenvalue weighted by molar-refractivity contribution is 5.89. The molecule has 1 aromatic carbocycles. The number of amides is 3. The zero-order chi connectivity index (χ0) is 30.8. The van der Waals surface area contributed by atoms with Gasteiger partial charge >= 0.3 is 0 Å². The summed E-state index contributed by atoms with van der Waals surface area (Å²) in [6.07, 6.45) is 6.36. The van der Waals surface area contributed by atoms with Crippen LogP contribution in [0.3, 0.4) is 0 Å². The molecule has 0 bridgehead atoms. The van der Waals surface area contributed by atoms with Crippen LogP contribution in [0.15, 0.2) is 60.9 Å². The van der Waals surface area contributed by atoms with Crippen LogP contribution in [0, 0.1) is 18.3 Å². The lowest BCUT2D eigenvalue weighted by molar-refractivity contribution is -0.137. The van der Waals surface area contributed by atoms with Gasteiger partial charge in [0.1, 0.15) is 12.4 Å². The van der Waals surface area contributed by atoms with Crippen molar-refractivity contribution in [3.8, 4) is 0 Å². The predicted octanol–water partition coefficient (Wildman–Crippen LogP) is 2.59. The number of carbonyl (C=O) groups excluding carboxylic acids is 3. The average molecular weight is 569 g/mol. The molecule has 10 nitrogen and oxygen atoms in total. The van der Waals surface area contributed by atoms with Crippen molar-refractivity contribution < 1.29 is 19.1 Å². The molecule has 10 heteroatoms. The monoisotopic (exact) mass is 568 g/mol. The number of aryl methyl sites for hydroxylation is 1. The molecule has 1 atom stereocenters. The standard InChI is InChI=1S/C20H30N4O4.C9H12N2.C2H6/c1-4-14-8-9-21-17(25)12-23-18(26)13-24(3)20(27)19(15-6-7-15)22-10-11-28-16(14)5-2;1-7-2-4-8(5-3-7)6-9(10)11;1-2/h4-5,15,19,22H,1-2,6-13H2,3H3,(H,21,25)(H,23,26);2-5H,6H2,1H3,(H3,10,11);1-2H3/b16-14-;;. The molecule has 1 fully saturated rings. The van der Waals surface area contributed by atoms with Gasteiger partial charge in [0, 0.05) is 26.6 Å². The summed E-state index contributed by atoms with van der Waals surface area (Å²) in [5.41, 5.74) is 8.41. The van der Waals surface area contributed by atoms with Crippen molar-refractivity contribution >= 4 is 23.6 Å². The zero-order valence-electron chi connectivity index (χ0n) is 25.1. The first-order valence-corrected chi connectivity index (χ1v) is 14.2. The minimum atomic E-state index is -0.367. The predicted molar refractivity (Wildman–Crippen MR) is 164 cm³/mol. The Bertz CT molecular complexity index is 1060. The third-order valence-electron chi connectivity index (χ3n) is 6.27. The molecule has 6 N–H and O–H groups in total. The third-order valence-corrected chi connectivity index (χ3v) is 6.27. The van der Waals surface area contributed by atoms with Gasteiger partial charge in [0.2, 0.25) is 17.7 Å². The first-order chi connectivity index (χ1) is 19.6. The van der Waals surface area contributed by atoms with Crippen molar-refractivity contribution in [1.29, 1.82) is 5.41 Å². The van der Waals surface area contributed by atoms with Gasteiger partial charge in [-0.05, 0) is 49.3 Å². The first kappa shape index (κ1) is 35.1. The van der Waals surface area contributed by atoms with Crippen LogP contribution in [0.5, 0.6) is 0 Å². The number of carbonyl (C=O) groups is 3. The Labute approximate surface area is 245 Å². The molecule has 1 aromatic rings. The van der Waals surface area contributed by atoms with Gasteiger partial charge in [-0.25, -0.2) is 0 Å². The molecule has 3 amide bonds. The summed E-state index contributed by atoms with van der Waals surface area (Å²) >= 11 is 0. The maximum absolute atomic E-state index is 12.7. The fourth-order valence-electron chi connectivity index (χ4n) is 3.96. The number of ether oxygens (including phenoxy) is 1. The van der Waals surface area contributed by atoms with Gasteiger partial charge in [0.15, 0.2) is 0 Å². The molecule has 0 radical (unpaired) electrons. The molecule has 1 unspecified atom stereocenters. The molecule has 0 spiro atoms. The smallest absolute Gasteiger partial charge is 0.240 e. The van der Waals surface area contributed by atoms with E-state index in [-0.39, 0.29) is 48.6 Å². The highest BCUT2D eigenvalue weighted by atomic mass is 16.5. The highest BCUT2D eigenvalue weighted by Gasteiger charge is 2.37. The second kappa shape index (κ2) is 19.2. The largest absolute Gasteiger partial charge is 0.492 e. The van der Waals surface area contributed by atoms with Crippen molar-refractivity contribution in [2.75, 3.05) is 39.8 Å². The number of rotatable bonds is 5. The lowest BCUT2D eigenvalue weighted by Gasteiger charge is -2.24. The SMILES string of the molecule is C=C/C1=C(\C=C)OCCNC(C2CC2)C(=O)N(C)CC(=O)NCC(=O)NCC1.CC.Cc1ccc(CC(=N)N)cc1. The molecule has 2 aliphatic rings. The molecule has 1 heterocycles. The lowest BCUT2D eigenvalue weighted by Crippen LogP contribution is -2.50. The Morgan fingerprint density at radius 2 is 1.73 bits per heavy atom. The maximum Gasteiger partial charge on any atom is 0.240 e. The van der Waals surface area contributed by atoms with Crippen LogP contribution in [-0.4, -0.2) is 74.3 Å². The molecule has 0 aromatic heterocycles. The van der Waals surface area contributed by atoms with Crippen LogP contribution in [-0.2, 0) is 25.5 Å². The molecule has 1 aliphatic heterocycles. The number of hydrogen-bond acceptors (Lipinski definition) is 6. The number of amidine groups is 1. The Hall–Kier alpha value is -3.92. The van der Waals surface area contributed by atoms with Gasteiger partial charge in [0.25, 0.3) is 0 Å². The van der Waals surface area contributed by atoms with E-state index in [2.05, 4.69) is 29.1 Å². The second-order valence-electron chi connectivity index (χ2n) is 9.67. The number of nitrogens with one attached hydrogen (secondary N) is 4. The fourth-order valence-corrected chi connectivity index (χ4v) is 3.96. The van der Waals surface area contributed by atoms with Crippen LogP contribution in [0.2, 0.25) is 0 Å². The molecule has 226 valence electrons. The van der Waals surface area contributed by atoms with E-state index in [9.17, 15) is 14.4 Å². The van der Waals surface area contributed by atoms with Crippen LogP contribution in [0.25, 0.3) is 0 Å². The summed E-state index contributed by atoms with van der Waals surface area (Å²) in [5, 5.41) is 15.6. The van der Waals surface area contributed by atoms with Gasteiger partial charge in [-0.3, -0.25) is 19.8 Å².